The fourth-order valence-electron chi connectivity index (χ4n) is 0.694. The summed E-state index contributed by atoms with van der Waals surface area (Å²) >= 11 is 0. The van der Waals surface area contributed by atoms with Crippen LogP contribution in [0.25, 0.3) is 0 Å². The van der Waals surface area contributed by atoms with Crippen molar-refractivity contribution in [3.8, 4) is 0 Å². The first-order valence-corrected chi connectivity index (χ1v) is 3.40. The molecule has 0 bridgehead atoms. The van der Waals surface area contributed by atoms with Crippen molar-refractivity contribution in [3.63, 3.8) is 0 Å². The molecular formula is C6H11F3N2O. The number of urea groups is 1. The van der Waals surface area contributed by atoms with Gasteiger partial charge in [0.25, 0.3) is 0 Å². The largest absolute Gasteiger partial charge is 0.391 e. The van der Waals surface area contributed by atoms with Gasteiger partial charge in [0, 0.05) is 13.1 Å². The van der Waals surface area contributed by atoms with E-state index in [1.807, 2.05) is 0 Å². The van der Waals surface area contributed by atoms with Gasteiger partial charge in [0.2, 0.25) is 0 Å². The fraction of sp³-hybridized carbons (Fsp3) is 0.833. The first-order chi connectivity index (χ1) is 5.35. The SMILES string of the molecule is CNC(=O)NC(C)CC(F)(F)F. The highest BCUT2D eigenvalue weighted by molar-refractivity contribution is 5.73. The van der Waals surface area contributed by atoms with Crippen LogP contribution >= 0.6 is 0 Å². The number of nitrogens with one attached hydrogen (secondary N) is 2. The standard InChI is InChI=1S/C6H11F3N2O/c1-4(3-6(7,8)9)11-5(12)10-2/h4H,3H2,1-2H3,(H2,10,11,12). The maximum atomic E-state index is 11.7. The molecule has 0 aliphatic carbocycles. The van der Waals surface area contributed by atoms with Crippen LogP contribution in [0.15, 0.2) is 0 Å². The van der Waals surface area contributed by atoms with Crippen molar-refractivity contribution in [2.75, 3.05) is 7.05 Å². The number of carbonyl (C=O) groups is 1. The molecule has 0 aliphatic heterocycles. The van der Waals surface area contributed by atoms with Gasteiger partial charge in [0.1, 0.15) is 0 Å². The lowest BCUT2D eigenvalue weighted by atomic mass is 10.2. The maximum Gasteiger partial charge on any atom is 0.391 e. The Bertz CT molecular complexity index is 157. The third kappa shape index (κ3) is 5.82. The van der Waals surface area contributed by atoms with Crippen molar-refractivity contribution in [3.05, 3.63) is 0 Å². The number of rotatable bonds is 2. The highest BCUT2D eigenvalue weighted by atomic mass is 19.4. The lowest BCUT2D eigenvalue weighted by molar-refractivity contribution is -0.138. The first kappa shape index (κ1) is 11.1. The van der Waals surface area contributed by atoms with E-state index in [9.17, 15) is 18.0 Å². The summed E-state index contributed by atoms with van der Waals surface area (Å²) in [4.78, 5) is 10.5. The number of hydrogen-bond acceptors (Lipinski definition) is 1. The van der Waals surface area contributed by atoms with Crippen LogP contribution in [0.1, 0.15) is 13.3 Å². The van der Waals surface area contributed by atoms with Gasteiger partial charge >= 0.3 is 12.2 Å². The molecule has 1 atom stereocenters. The minimum atomic E-state index is -4.24. The average Bonchev–Trinajstić information content (AvgIpc) is 1.82. The first-order valence-electron chi connectivity index (χ1n) is 3.40. The molecule has 0 fully saturated rings. The molecule has 0 heterocycles. The van der Waals surface area contributed by atoms with Crippen molar-refractivity contribution >= 4 is 6.03 Å². The predicted molar refractivity (Wildman–Crippen MR) is 37.7 cm³/mol. The third-order valence-corrected chi connectivity index (χ3v) is 1.14. The molecule has 0 aromatic carbocycles. The van der Waals surface area contributed by atoms with E-state index >= 15 is 0 Å². The van der Waals surface area contributed by atoms with Gasteiger partial charge < -0.3 is 10.6 Å². The topological polar surface area (TPSA) is 41.1 Å². The summed E-state index contributed by atoms with van der Waals surface area (Å²) in [6.45, 7) is 1.29. The van der Waals surface area contributed by atoms with Crippen LogP contribution in [0.3, 0.4) is 0 Å². The lowest BCUT2D eigenvalue weighted by Gasteiger charge is -2.14. The molecule has 12 heavy (non-hydrogen) atoms. The molecule has 2 amide bonds. The van der Waals surface area contributed by atoms with Gasteiger partial charge in [-0.05, 0) is 6.92 Å². The minimum Gasteiger partial charge on any atom is -0.341 e. The zero-order chi connectivity index (χ0) is 9.78. The van der Waals surface area contributed by atoms with Gasteiger partial charge in [-0.15, -0.1) is 0 Å². The number of amides is 2. The molecule has 0 rings (SSSR count). The van der Waals surface area contributed by atoms with Gasteiger partial charge in [0.15, 0.2) is 0 Å². The molecule has 3 nitrogen and oxygen atoms in total. The van der Waals surface area contributed by atoms with Crippen molar-refractivity contribution in [2.24, 2.45) is 0 Å². The Balaban J connectivity index is 3.74. The van der Waals surface area contributed by atoms with Crippen molar-refractivity contribution in [2.45, 2.75) is 25.6 Å². The third-order valence-electron chi connectivity index (χ3n) is 1.14. The van der Waals surface area contributed by atoms with Crippen LogP contribution in [0.2, 0.25) is 0 Å². The highest BCUT2D eigenvalue weighted by Crippen LogP contribution is 2.20. The Hall–Kier alpha value is -0.940. The van der Waals surface area contributed by atoms with Crippen molar-refractivity contribution < 1.29 is 18.0 Å². The second-order valence-electron chi connectivity index (χ2n) is 2.44. The number of halogens is 3. The summed E-state index contributed by atoms with van der Waals surface area (Å²) in [5.74, 6) is 0. The molecule has 0 radical (unpaired) electrons. The van der Waals surface area contributed by atoms with Crippen LogP contribution in [0.4, 0.5) is 18.0 Å². The van der Waals surface area contributed by atoms with Crippen LogP contribution < -0.4 is 10.6 Å². The molecule has 72 valence electrons. The number of alkyl halides is 3. The summed E-state index contributed by atoms with van der Waals surface area (Å²) < 4.78 is 35.1. The predicted octanol–water partition coefficient (Wildman–Crippen LogP) is 1.26. The summed E-state index contributed by atoms with van der Waals surface area (Å²) in [6.07, 6.45) is -5.25. The van der Waals surface area contributed by atoms with Crippen LogP contribution in [-0.4, -0.2) is 25.3 Å². The minimum absolute atomic E-state index is 0.605. The van der Waals surface area contributed by atoms with Gasteiger partial charge in [-0.2, -0.15) is 13.2 Å². The summed E-state index contributed by atoms with van der Waals surface area (Å²) in [7, 11) is 1.34. The Kier molecular flexibility index (Phi) is 3.85. The molecule has 0 aromatic heterocycles. The van der Waals surface area contributed by atoms with Crippen LogP contribution in [-0.2, 0) is 0 Å². The van der Waals surface area contributed by atoms with Gasteiger partial charge in [0.05, 0.1) is 6.42 Å². The van der Waals surface area contributed by atoms with E-state index in [1.54, 1.807) is 0 Å². The molecule has 2 N–H and O–H groups in total. The second-order valence-corrected chi connectivity index (χ2v) is 2.44. The summed E-state index contributed by atoms with van der Waals surface area (Å²) in [6, 6.07) is -1.50. The molecule has 0 spiro atoms. The van der Waals surface area contributed by atoms with E-state index < -0.39 is 24.7 Å². The summed E-state index contributed by atoms with van der Waals surface area (Å²) in [5.41, 5.74) is 0. The zero-order valence-electron chi connectivity index (χ0n) is 6.83. The van der Waals surface area contributed by atoms with E-state index in [0.29, 0.717) is 0 Å². The molecule has 0 aromatic rings. The Morgan fingerprint density at radius 2 is 2.00 bits per heavy atom. The highest BCUT2D eigenvalue weighted by Gasteiger charge is 2.30. The molecule has 0 saturated heterocycles. The second kappa shape index (κ2) is 4.18. The fourth-order valence-corrected chi connectivity index (χ4v) is 0.694. The average molecular weight is 184 g/mol. The summed E-state index contributed by atoms with van der Waals surface area (Å²) in [5, 5.41) is 4.28. The van der Waals surface area contributed by atoms with Crippen LogP contribution in [0.5, 0.6) is 0 Å². The number of hydrogen-bond donors (Lipinski definition) is 2. The Morgan fingerprint density at radius 1 is 1.50 bits per heavy atom. The van der Waals surface area contributed by atoms with Crippen molar-refractivity contribution in [1.82, 2.24) is 10.6 Å². The Labute approximate surface area is 68.3 Å². The maximum absolute atomic E-state index is 11.7. The monoisotopic (exact) mass is 184 g/mol. The smallest absolute Gasteiger partial charge is 0.341 e. The van der Waals surface area contributed by atoms with Crippen LogP contribution in [0, 0.1) is 0 Å². The Morgan fingerprint density at radius 3 is 2.33 bits per heavy atom. The van der Waals surface area contributed by atoms with Crippen molar-refractivity contribution in [1.29, 1.82) is 0 Å². The van der Waals surface area contributed by atoms with E-state index in [2.05, 4.69) is 10.6 Å². The van der Waals surface area contributed by atoms with E-state index in [4.69, 9.17) is 0 Å². The molecule has 0 aliphatic rings. The zero-order valence-corrected chi connectivity index (χ0v) is 6.83. The molecule has 6 heteroatoms. The molecule has 0 saturated carbocycles. The van der Waals surface area contributed by atoms with Gasteiger partial charge in [-0.1, -0.05) is 0 Å². The van der Waals surface area contributed by atoms with E-state index in [1.165, 1.54) is 14.0 Å². The van der Waals surface area contributed by atoms with E-state index in [-0.39, 0.29) is 0 Å². The number of carbonyl (C=O) groups excluding carboxylic acids is 1. The quantitative estimate of drug-likeness (QED) is 0.666. The normalized spacial score (nSPS) is 13.8. The van der Waals surface area contributed by atoms with Gasteiger partial charge in [-0.3, -0.25) is 0 Å². The van der Waals surface area contributed by atoms with Gasteiger partial charge in [-0.25, -0.2) is 4.79 Å². The molecule has 1 unspecified atom stereocenters. The van der Waals surface area contributed by atoms with E-state index in [0.717, 1.165) is 0 Å². The lowest BCUT2D eigenvalue weighted by Crippen LogP contribution is -2.40. The molecular weight excluding hydrogens is 173 g/mol.